The molecule has 6 nitrogen and oxygen atoms in total. The number of nitrogens with zero attached hydrogens (tertiary/aromatic N) is 2. The van der Waals surface area contributed by atoms with Gasteiger partial charge in [-0.05, 0) is 48.9 Å². The van der Waals surface area contributed by atoms with Gasteiger partial charge in [0.25, 0.3) is 5.91 Å². The van der Waals surface area contributed by atoms with Gasteiger partial charge in [-0.25, -0.2) is 10.4 Å². The number of nitrogen functional groups attached to an aromatic ring is 1. The summed E-state index contributed by atoms with van der Waals surface area (Å²) in [5.41, 5.74) is 10.2. The highest BCUT2D eigenvalue weighted by Crippen LogP contribution is 2.26. The van der Waals surface area contributed by atoms with Crippen molar-refractivity contribution in [2.45, 2.75) is 13.5 Å². The Hall–Kier alpha value is -2.61. The van der Waals surface area contributed by atoms with E-state index in [9.17, 15) is 4.79 Å². The number of carbonyl (C=O) groups excluding carboxylic acids is 1. The van der Waals surface area contributed by atoms with Crippen LogP contribution in [0.5, 0.6) is 5.75 Å². The number of benzene rings is 2. The van der Waals surface area contributed by atoms with Crippen molar-refractivity contribution >= 4 is 51.8 Å². The molecule has 3 aromatic rings. The number of aryl methyl sites for hydroxylation is 1. The Labute approximate surface area is 176 Å². The standard InChI is InChI=1S/C19H16Cl2N4O2S/c1-11-17(28-19(22)24-11)18(26)25-23-9-12-5-7-13(8-6-12)27-10-14-15(20)3-2-4-16(14)21/h2-9H,10H2,1H3,(H2,22,24)(H,25,26). The number of aromatic nitrogens is 1. The van der Waals surface area contributed by atoms with Crippen LogP contribution >= 0.6 is 34.5 Å². The molecule has 0 saturated carbocycles. The topological polar surface area (TPSA) is 89.6 Å². The molecule has 0 fully saturated rings. The molecule has 3 rings (SSSR count). The summed E-state index contributed by atoms with van der Waals surface area (Å²) >= 11 is 13.4. The molecule has 1 aromatic heterocycles. The molecule has 0 unspecified atom stereocenters. The first-order valence-corrected chi connectivity index (χ1v) is 9.73. The number of hydrogen-bond donors (Lipinski definition) is 2. The fourth-order valence-corrected chi connectivity index (χ4v) is 3.55. The Morgan fingerprint density at radius 3 is 2.54 bits per heavy atom. The van der Waals surface area contributed by atoms with Crippen molar-refractivity contribution in [2.24, 2.45) is 5.10 Å². The Morgan fingerprint density at radius 1 is 1.25 bits per heavy atom. The normalized spacial score (nSPS) is 11.0. The number of carbonyl (C=O) groups is 1. The third-order valence-electron chi connectivity index (χ3n) is 3.72. The highest BCUT2D eigenvalue weighted by Gasteiger charge is 2.13. The van der Waals surface area contributed by atoms with Crippen LogP contribution < -0.4 is 15.9 Å². The predicted octanol–water partition coefficient (Wildman–Crippen LogP) is 4.68. The van der Waals surface area contributed by atoms with E-state index < -0.39 is 0 Å². The minimum absolute atomic E-state index is 0.263. The minimum atomic E-state index is -0.348. The highest BCUT2D eigenvalue weighted by atomic mass is 35.5. The Kier molecular flexibility index (Phi) is 6.51. The van der Waals surface area contributed by atoms with Crippen molar-refractivity contribution < 1.29 is 9.53 Å². The van der Waals surface area contributed by atoms with Crippen molar-refractivity contribution in [2.75, 3.05) is 5.73 Å². The fraction of sp³-hybridized carbons (Fsp3) is 0.105. The van der Waals surface area contributed by atoms with Gasteiger partial charge in [-0.2, -0.15) is 5.10 Å². The van der Waals surface area contributed by atoms with Gasteiger partial charge in [0.05, 0.1) is 11.9 Å². The van der Waals surface area contributed by atoms with Gasteiger partial charge in [0.1, 0.15) is 17.2 Å². The molecular formula is C19H16Cl2N4O2S. The number of nitrogens with two attached hydrogens (primary N) is 1. The van der Waals surface area contributed by atoms with Gasteiger partial charge in [-0.1, -0.05) is 40.6 Å². The maximum atomic E-state index is 12.0. The van der Waals surface area contributed by atoms with E-state index in [1.165, 1.54) is 6.21 Å². The van der Waals surface area contributed by atoms with Crippen molar-refractivity contribution in [3.8, 4) is 5.75 Å². The second-order valence-corrected chi connectivity index (χ2v) is 7.57. The maximum Gasteiger partial charge on any atom is 0.283 e. The molecule has 0 saturated heterocycles. The van der Waals surface area contributed by atoms with Crippen LogP contribution in [0.25, 0.3) is 0 Å². The van der Waals surface area contributed by atoms with Crippen LogP contribution in [0, 0.1) is 6.92 Å². The number of rotatable bonds is 6. The molecule has 3 N–H and O–H groups in total. The van der Waals surface area contributed by atoms with Gasteiger partial charge < -0.3 is 10.5 Å². The van der Waals surface area contributed by atoms with E-state index >= 15 is 0 Å². The molecular weight excluding hydrogens is 419 g/mol. The van der Waals surface area contributed by atoms with Crippen LogP contribution in [-0.2, 0) is 6.61 Å². The number of hydrazone groups is 1. The maximum absolute atomic E-state index is 12.0. The smallest absolute Gasteiger partial charge is 0.283 e. The van der Waals surface area contributed by atoms with E-state index in [-0.39, 0.29) is 12.5 Å². The number of nitrogens with one attached hydrogen (secondary N) is 1. The average molecular weight is 435 g/mol. The summed E-state index contributed by atoms with van der Waals surface area (Å²) in [5, 5.41) is 5.42. The molecule has 2 aromatic carbocycles. The molecule has 1 amide bonds. The van der Waals surface area contributed by atoms with Gasteiger partial charge in [-0.15, -0.1) is 0 Å². The first kappa shape index (κ1) is 20.1. The van der Waals surface area contributed by atoms with Crippen LogP contribution in [0.4, 0.5) is 5.13 Å². The van der Waals surface area contributed by atoms with Crippen molar-refractivity contribution in [3.63, 3.8) is 0 Å². The highest BCUT2D eigenvalue weighted by molar-refractivity contribution is 7.17. The second-order valence-electron chi connectivity index (χ2n) is 5.72. The molecule has 9 heteroatoms. The van der Waals surface area contributed by atoms with E-state index in [1.807, 2.05) is 12.1 Å². The Morgan fingerprint density at radius 2 is 1.93 bits per heavy atom. The van der Waals surface area contributed by atoms with Crippen molar-refractivity contribution in [1.82, 2.24) is 10.4 Å². The summed E-state index contributed by atoms with van der Waals surface area (Å²) in [4.78, 5) is 16.5. The molecule has 0 spiro atoms. The van der Waals surface area contributed by atoms with Crippen LogP contribution in [0.15, 0.2) is 47.6 Å². The molecule has 0 radical (unpaired) electrons. The van der Waals surface area contributed by atoms with Crippen LogP contribution in [0.1, 0.15) is 26.5 Å². The van der Waals surface area contributed by atoms with Gasteiger partial charge >= 0.3 is 0 Å². The molecule has 0 bridgehead atoms. The number of halogens is 2. The lowest BCUT2D eigenvalue weighted by molar-refractivity contribution is 0.0958. The van der Waals surface area contributed by atoms with Gasteiger partial charge in [0.2, 0.25) is 0 Å². The summed E-state index contributed by atoms with van der Waals surface area (Å²) in [5.74, 6) is 0.312. The van der Waals surface area contributed by atoms with Crippen molar-refractivity contribution in [3.05, 3.63) is 74.2 Å². The predicted molar refractivity (Wildman–Crippen MR) is 114 cm³/mol. The summed E-state index contributed by atoms with van der Waals surface area (Å²) in [6.07, 6.45) is 1.53. The quantitative estimate of drug-likeness (QED) is 0.435. The lowest BCUT2D eigenvalue weighted by Gasteiger charge is -2.09. The molecule has 1 heterocycles. The molecule has 0 aliphatic carbocycles. The zero-order chi connectivity index (χ0) is 20.1. The lowest BCUT2D eigenvalue weighted by atomic mass is 10.2. The van der Waals surface area contributed by atoms with E-state index in [4.69, 9.17) is 33.7 Å². The fourth-order valence-electron chi connectivity index (χ4n) is 2.32. The number of anilines is 1. The van der Waals surface area contributed by atoms with Crippen LogP contribution in [0.3, 0.4) is 0 Å². The number of hydrogen-bond acceptors (Lipinski definition) is 6. The number of ether oxygens (including phenoxy) is 1. The zero-order valence-corrected chi connectivity index (χ0v) is 17.1. The lowest BCUT2D eigenvalue weighted by Crippen LogP contribution is -2.17. The van der Waals surface area contributed by atoms with Crippen molar-refractivity contribution in [1.29, 1.82) is 0 Å². The van der Waals surface area contributed by atoms with Gasteiger partial charge in [-0.3, -0.25) is 4.79 Å². The number of amides is 1. The Balaban J connectivity index is 1.56. The second kappa shape index (κ2) is 9.05. The molecule has 28 heavy (non-hydrogen) atoms. The van der Waals surface area contributed by atoms with Crippen LogP contribution in [-0.4, -0.2) is 17.1 Å². The van der Waals surface area contributed by atoms with E-state index in [2.05, 4.69) is 15.5 Å². The largest absolute Gasteiger partial charge is 0.489 e. The average Bonchev–Trinajstić information content (AvgIpc) is 3.01. The minimum Gasteiger partial charge on any atom is -0.489 e. The molecule has 144 valence electrons. The summed E-state index contributed by atoms with van der Waals surface area (Å²) < 4.78 is 5.72. The monoisotopic (exact) mass is 434 g/mol. The molecule has 0 aliphatic heterocycles. The first-order valence-electron chi connectivity index (χ1n) is 8.16. The zero-order valence-electron chi connectivity index (χ0n) is 14.8. The van der Waals surface area contributed by atoms with Gasteiger partial charge in [0.15, 0.2) is 5.13 Å². The third-order valence-corrected chi connectivity index (χ3v) is 5.42. The molecule has 0 atom stereocenters. The van der Waals surface area contributed by atoms with E-state index in [1.54, 1.807) is 37.3 Å². The summed E-state index contributed by atoms with van der Waals surface area (Å²) in [7, 11) is 0. The Bertz CT molecular complexity index is 999. The first-order chi connectivity index (χ1) is 13.4. The summed E-state index contributed by atoms with van der Waals surface area (Å²) in [6.45, 7) is 1.99. The van der Waals surface area contributed by atoms with Crippen LogP contribution in [0.2, 0.25) is 10.0 Å². The molecule has 0 aliphatic rings. The van der Waals surface area contributed by atoms with E-state index in [0.29, 0.717) is 31.5 Å². The van der Waals surface area contributed by atoms with E-state index in [0.717, 1.165) is 22.5 Å². The SMILES string of the molecule is Cc1nc(N)sc1C(=O)NN=Cc1ccc(OCc2c(Cl)cccc2Cl)cc1. The third kappa shape index (κ3) is 5.01. The van der Waals surface area contributed by atoms with Gasteiger partial charge in [0, 0.05) is 15.6 Å². The number of thiazole rings is 1. The summed E-state index contributed by atoms with van der Waals surface area (Å²) in [6, 6.07) is 12.5.